The van der Waals surface area contributed by atoms with Crippen LogP contribution in [0.2, 0.25) is 0 Å². The molecule has 1 aromatic rings. The van der Waals surface area contributed by atoms with Gasteiger partial charge < -0.3 is 16.0 Å². The minimum absolute atomic E-state index is 0.0354. The summed E-state index contributed by atoms with van der Waals surface area (Å²) < 4.78 is 26.0. The molecule has 6 heteroatoms. The Morgan fingerprint density at radius 3 is 2.45 bits per heavy atom. The lowest BCUT2D eigenvalue weighted by molar-refractivity contribution is 0.0952. The van der Waals surface area contributed by atoms with Crippen molar-refractivity contribution in [2.45, 2.75) is 20.3 Å². The monoisotopic (exact) mass is 285 g/mol. The summed E-state index contributed by atoms with van der Waals surface area (Å²) >= 11 is 0. The first-order chi connectivity index (χ1) is 9.49. The van der Waals surface area contributed by atoms with Gasteiger partial charge in [-0.25, -0.2) is 8.78 Å². The highest BCUT2D eigenvalue weighted by Gasteiger charge is 2.13. The van der Waals surface area contributed by atoms with Gasteiger partial charge in [0.15, 0.2) is 11.6 Å². The summed E-state index contributed by atoms with van der Waals surface area (Å²) in [6.45, 7) is 7.41. The van der Waals surface area contributed by atoms with Gasteiger partial charge >= 0.3 is 0 Å². The molecule has 3 N–H and O–H groups in total. The quantitative estimate of drug-likeness (QED) is 0.595. The van der Waals surface area contributed by atoms with E-state index in [0.29, 0.717) is 6.54 Å². The third kappa shape index (κ3) is 4.45. The van der Waals surface area contributed by atoms with Crippen molar-refractivity contribution in [2.24, 2.45) is 0 Å². The summed E-state index contributed by atoms with van der Waals surface area (Å²) in [6, 6.07) is 1.64. The largest absolute Gasteiger partial charge is 0.398 e. The van der Waals surface area contributed by atoms with Gasteiger partial charge in [0.05, 0.1) is 5.56 Å². The van der Waals surface area contributed by atoms with Crippen LogP contribution in [0.5, 0.6) is 0 Å². The first-order valence-corrected chi connectivity index (χ1v) is 6.74. The summed E-state index contributed by atoms with van der Waals surface area (Å²) in [7, 11) is 0. The fourth-order valence-electron chi connectivity index (χ4n) is 1.90. The van der Waals surface area contributed by atoms with E-state index in [1.54, 1.807) is 0 Å². The van der Waals surface area contributed by atoms with Gasteiger partial charge in [-0.3, -0.25) is 4.79 Å². The molecule has 0 aliphatic carbocycles. The van der Waals surface area contributed by atoms with E-state index >= 15 is 0 Å². The standard InChI is InChI=1S/C14H21F2N3O/c1-3-19(4-2)7-5-6-18-14(20)10-8-11(15)12(16)9-13(10)17/h8-9H,3-7,17H2,1-2H3,(H,18,20). The number of rotatable bonds is 7. The van der Waals surface area contributed by atoms with E-state index in [4.69, 9.17) is 5.73 Å². The number of nitrogens with zero attached hydrogens (tertiary/aromatic N) is 1. The fraction of sp³-hybridized carbons (Fsp3) is 0.500. The van der Waals surface area contributed by atoms with Crippen molar-refractivity contribution >= 4 is 11.6 Å². The van der Waals surface area contributed by atoms with E-state index in [0.717, 1.165) is 38.2 Å². The summed E-state index contributed by atoms with van der Waals surface area (Å²) in [4.78, 5) is 14.1. The molecule has 0 atom stereocenters. The van der Waals surface area contributed by atoms with Crippen LogP contribution in [0.4, 0.5) is 14.5 Å². The number of hydrogen-bond acceptors (Lipinski definition) is 3. The topological polar surface area (TPSA) is 58.4 Å². The van der Waals surface area contributed by atoms with Crippen LogP contribution < -0.4 is 11.1 Å². The highest BCUT2D eigenvalue weighted by Crippen LogP contribution is 2.16. The molecule has 0 aromatic heterocycles. The minimum atomic E-state index is -1.08. The van der Waals surface area contributed by atoms with Crippen LogP contribution in [-0.2, 0) is 0 Å². The summed E-state index contributed by atoms with van der Waals surface area (Å²) in [5.74, 6) is -2.62. The van der Waals surface area contributed by atoms with Crippen LogP contribution in [0.25, 0.3) is 0 Å². The number of hydrogen-bond donors (Lipinski definition) is 2. The second-order valence-electron chi connectivity index (χ2n) is 4.49. The van der Waals surface area contributed by atoms with Crippen LogP contribution in [0.3, 0.4) is 0 Å². The van der Waals surface area contributed by atoms with Crippen molar-refractivity contribution < 1.29 is 13.6 Å². The highest BCUT2D eigenvalue weighted by atomic mass is 19.2. The zero-order valence-corrected chi connectivity index (χ0v) is 11.9. The van der Waals surface area contributed by atoms with Crippen LogP contribution in [0.15, 0.2) is 12.1 Å². The number of nitrogens with one attached hydrogen (secondary N) is 1. The Kier molecular flexibility index (Phi) is 6.38. The Morgan fingerprint density at radius 1 is 1.25 bits per heavy atom. The van der Waals surface area contributed by atoms with Crippen molar-refractivity contribution in [3.05, 3.63) is 29.3 Å². The predicted octanol–water partition coefficient (Wildman–Crippen LogP) is 2.01. The Bertz CT molecular complexity index is 462. The van der Waals surface area contributed by atoms with Crippen molar-refractivity contribution in [3.8, 4) is 0 Å². The molecule has 1 amide bonds. The van der Waals surface area contributed by atoms with Crippen molar-refractivity contribution in [2.75, 3.05) is 31.9 Å². The molecule has 1 rings (SSSR count). The summed E-state index contributed by atoms with van der Waals surface area (Å²) in [5.41, 5.74) is 5.41. The maximum Gasteiger partial charge on any atom is 0.253 e. The van der Waals surface area contributed by atoms with Crippen molar-refractivity contribution in [3.63, 3.8) is 0 Å². The summed E-state index contributed by atoms with van der Waals surface area (Å²) in [5, 5.41) is 2.66. The Morgan fingerprint density at radius 2 is 1.85 bits per heavy atom. The lowest BCUT2D eigenvalue weighted by Crippen LogP contribution is -2.30. The predicted molar refractivity (Wildman–Crippen MR) is 75.5 cm³/mol. The van der Waals surface area contributed by atoms with E-state index in [9.17, 15) is 13.6 Å². The lowest BCUT2D eigenvalue weighted by atomic mass is 10.1. The molecule has 0 bridgehead atoms. The number of anilines is 1. The number of nitrogen functional groups attached to an aromatic ring is 1. The SMILES string of the molecule is CCN(CC)CCCNC(=O)c1cc(F)c(F)cc1N. The fourth-order valence-corrected chi connectivity index (χ4v) is 1.90. The molecule has 20 heavy (non-hydrogen) atoms. The number of halogens is 2. The molecule has 1 aromatic carbocycles. The number of amides is 1. The highest BCUT2D eigenvalue weighted by molar-refractivity contribution is 5.99. The van der Waals surface area contributed by atoms with Crippen LogP contribution in [0.1, 0.15) is 30.6 Å². The molecular formula is C14H21F2N3O. The second-order valence-corrected chi connectivity index (χ2v) is 4.49. The molecule has 0 unspecified atom stereocenters. The zero-order valence-electron chi connectivity index (χ0n) is 11.9. The Balaban J connectivity index is 2.49. The molecule has 0 radical (unpaired) electrons. The lowest BCUT2D eigenvalue weighted by Gasteiger charge is -2.17. The number of nitrogens with two attached hydrogens (primary N) is 1. The molecular weight excluding hydrogens is 264 g/mol. The minimum Gasteiger partial charge on any atom is -0.398 e. The van der Waals surface area contributed by atoms with Gasteiger partial charge in [-0.15, -0.1) is 0 Å². The van der Waals surface area contributed by atoms with Gasteiger partial charge in [-0.1, -0.05) is 13.8 Å². The average molecular weight is 285 g/mol. The number of benzene rings is 1. The van der Waals surface area contributed by atoms with E-state index in [1.807, 2.05) is 0 Å². The van der Waals surface area contributed by atoms with E-state index in [1.165, 1.54) is 0 Å². The van der Waals surface area contributed by atoms with Crippen molar-refractivity contribution in [1.29, 1.82) is 0 Å². The molecule has 0 aliphatic rings. The normalized spacial score (nSPS) is 10.8. The van der Waals surface area contributed by atoms with E-state index in [-0.39, 0.29) is 11.3 Å². The first kappa shape index (κ1) is 16.4. The third-order valence-electron chi connectivity index (χ3n) is 3.17. The molecule has 0 spiro atoms. The molecule has 112 valence electrons. The van der Waals surface area contributed by atoms with Crippen LogP contribution in [-0.4, -0.2) is 37.0 Å². The molecule has 4 nitrogen and oxygen atoms in total. The average Bonchev–Trinajstić information content (AvgIpc) is 2.42. The van der Waals surface area contributed by atoms with E-state index < -0.39 is 17.5 Å². The second kappa shape index (κ2) is 7.79. The third-order valence-corrected chi connectivity index (χ3v) is 3.17. The van der Waals surface area contributed by atoms with Gasteiger partial charge in [-0.2, -0.15) is 0 Å². The molecule has 0 saturated carbocycles. The number of carbonyl (C=O) groups excluding carboxylic acids is 1. The van der Waals surface area contributed by atoms with Gasteiger partial charge in [0.2, 0.25) is 0 Å². The molecule has 0 heterocycles. The van der Waals surface area contributed by atoms with Crippen LogP contribution >= 0.6 is 0 Å². The van der Waals surface area contributed by atoms with Crippen molar-refractivity contribution in [1.82, 2.24) is 10.2 Å². The maximum atomic E-state index is 13.1. The van der Waals surface area contributed by atoms with E-state index in [2.05, 4.69) is 24.1 Å². The first-order valence-electron chi connectivity index (χ1n) is 6.74. The van der Waals surface area contributed by atoms with Gasteiger partial charge in [-0.05, 0) is 32.1 Å². The molecule has 0 aliphatic heterocycles. The number of carbonyl (C=O) groups is 1. The summed E-state index contributed by atoms with van der Waals surface area (Å²) in [6.07, 6.45) is 0.789. The van der Waals surface area contributed by atoms with Gasteiger partial charge in [0.1, 0.15) is 0 Å². The van der Waals surface area contributed by atoms with Crippen LogP contribution in [0, 0.1) is 11.6 Å². The smallest absolute Gasteiger partial charge is 0.253 e. The Labute approximate surface area is 117 Å². The van der Waals surface area contributed by atoms with Gasteiger partial charge in [0.25, 0.3) is 5.91 Å². The maximum absolute atomic E-state index is 13.1. The van der Waals surface area contributed by atoms with Gasteiger partial charge in [0, 0.05) is 18.3 Å². The molecule has 0 saturated heterocycles. The molecule has 0 fully saturated rings. The zero-order chi connectivity index (χ0) is 15.1. The Hall–Kier alpha value is -1.69.